The number of primary amides is 1. The molecule has 4 nitrogen and oxygen atoms in total. The van der Waals surface area contributed by atoms with Gasteiger partial charge < -0.3 is 10.8 Å². The lowest BCUT2D eigenvalue weighted by atomic mass is 9.91. The minimum atomic E-state index is -0.449. The fourth-order valence-corrected chi connectivity index (χ4v) is 2.63. The van der Waals surface area contributed by atoms with Gasteiger partial charge in [-0.15, -0.1) is 0 Å². The third kappa shape index (κ3) is 3.21. The summed E-state index contributed by atoms with van der Waals surface area (Å²) in [5.41, 5.74) is 9.86. The number of hydrogen-bond acceptors (Lipinski definition) is 3. The summed E-state index contributed by atoms with van der Waals surface area (Å²) < 4.78 is 0. The van der Waals surface area contributed by atoms with Gasteiger partial charge in [-0.05, 0) is 59.0 Å². The number of rotatable bonds is 4. The van der Waals surface area contributed by atoms with Crippen LogP contribution in [0.25, 0.3) is 11.1 Å². The zero-order valence-corrected chi connectivity index (χ0v) is 12.4. The lowest BCUT2D eigenvalue weighted by Gasteiger charge is -2.14. The number of amides is 1. The molecule has 0 aliphatic heterocycles. The monoisotopic (exact) mass is 304 g/mol. The van der Waals surface area contributed by atoms with E-state index in [9.17, 15) is 9.90 Å². The van der Waals surface area contributed by atoms with E-state index in [1.165, 1.54) is 0 Å². The summed E-state index contributed by atoms with van der Waals surface area (Å²) in [6.45, 7) is 0. The van der Waals surface area contributed by atoms with Crippen LogP contribution < -0.4 is 5.73 Å². The number of carbonyl (C=O) groups excluding carboxylic acids is 1. The van der Waals surface area contributed by atoms with Crippen molar-refractivity contribution in [3.63, 3.8) is 0 Å². The van der Waals surface area contributed by atoms with Gasteiger partial charge in [-0.1, -0.05) is 24.3 Å². The van der Waals surface area contributed by atoms with Crippen molar-refractivity contribution < 1.29 is 9.90 Å². The van der Waals surface area contributed by atoms with Crippen LogP contribution in [0.4, 0.5) is 0 Å². The summed E-state index contributed by atoms with van der Waals surface area (Å²) in [5.74, 6) is -0.235. The smallest absolute Gasteiger partial charge is 0.249 e. The maximum Gasteiger partial charge on any atom is 0.249 e. The first-order valence-electron chi connectivity index (χ1n) is 7.25. The van der Waals surface area contributed by atoms with Gasteiger partial charge in [-0.2, -0.15) is 0 Å². The molecule has 0 saturated heterocycles. The molecule has 114 valence electrons. The van der Waals surface area contributed by atoms with Gasteiger partial charge in [0.2, 0.25) is 5.91 Å². The van der Waals surface area contributed by atoms with Gasteiger partial charge in [0.15, 0.2) is 0 Å². The summed E-state index contributed by atoms with van der Waals surface area (Å²) in [7, 11) is 0. The second-order valence-electron chi connectivity index (χ2n) is 5.28. The van der Waals surface area contributed by atoms with Crippen molar-refractivity contribution in [2.24, 2.45) is 5.73 Å². The fraction of sp³-hybridized carbons (Fsp3) is 0.0526. The lowest BCUT2D eigenvalue weighted by Crippen LogP contribution is -2.14. The van der Waals surface area contributed by atoms with Crippen molar-refractivity contribution in [2.45, 2.75) is 6.42 Å². The molecule has 23 heavy (non-hydrogen) atoms. The number of nitrogens with zero attached hydrogens (tertiary/aromatic N) is 1. The lowest BCUT2D eigenvalue weighted by molar-refractivity contribution is 0.0999. The van der Waals surface area contributed by atoms with Gasteiger partial charge in [0.1, 0.15) is 5.75 Å². The van der Waals surface area contributed by atoms with Gasteiger partial charge in [-0.3, -0.25) is 9.78 Å². The largest absolute Gasteiger partial charge is 0.508 e. The molecule has 0 aliphatic carbocycles. The third-order valence-electron chi connectivity index (χ3n) is 3.75. The minimum Gasteiger partial charge on any atom is -0.508 e. The van der Waals surface area contributed by atoms with Gasteiger partial charge in [-0.25, -0.2) is 0 Å². The van der Waals surface area contributed by atoms with Crippen LogP contribution in [0.1, 0.15) is 21.5 Å². The van der Waals surface area contributed by atoms with E-state index in [1.807, 2.05) is 36.4 Å². The molecule has 0 unspecified atom stereocenters. The number of phenols is 1. The molecule has 0 saturated carbocycles. The summed E-state index contributed by atoms with van der Waals surface area (Å²) in [6, 6.07) is 16.3. The number of pyridine rings is 1. The molecule has 0 bridgehead atoms. The molecule has 0 spiro atoms. The van der Waals surface area contributed by atoms with Crippen molar-refractivity contribution in [3.05, 3.63) is 83.7 Å². The van der Waals surface area contributed by atoms with Gasteiger partial charge in [0, 0.05) is 18.0 Å². The maximum atomic E-state index is 11.8. The Morgan fingerprint density at radius 3 is 2.35 bits per heavy atom. The molecule has 0 atom stereocenters. The number of aromatic nitrogens is 1. The van der Waals surface area contributed by atoms with Gasteiger partial charge in [0.05, 0.1) is 0 Å². The molecule has 1 heterocycles. The van der Waals surface area contributed by atoms with E-state index < -0.39 is 5.91 Å². The Kier molecular flexibility index (Phi) is 4.06. The normalized spacial score (nSPS) is 10.4. The van der Waals surface area contributed by atoms with E-state index in [1.54, 1.807) is 30.6 Å². The molecule has 0 fully saturated rings. The fourth-order valence-electron chi connectivity index (χ4n) is 2.63. The summed E-state index contributed by atoms with van der Waals surface area (Å²) in [5, 5.41) is 9.42. The Hall–Kier alpha value is -3.14. The van der Waals surface area contributed by atoms with Crippen LogP contribution in [-0.2, 0) is 6.42 Å². The maximum absolute atomic E-state index is 11.8. The summed E-state index contributed by atoms with van der Waals surface area (Å²) in [6.07, 6.45) is 3.99. The SMILES string of the molecule is NC(=O)c1cccc(-c2ccncc2)c1Cc1ccc(O)cc1. The van der Waals surface area contributed by atoms with Gasteiger partial charge >= 0.3 is 0 Å². The summed E-state index contributed by atoms with van der Waals surface area (Å²) in [4.78, 5) is 15.9. The highest BCUT2D eigenvalue weighted by Gasteiger charge is 2.14. The summed E-state index contributed by atoms with van der Waals surface area (Å²) >= 11 is 0. The van der Waals surface area contributed by atoms with E-state index in [2.05, 4.69) is 4.98 Å². The molecule has 1 aromatic heterocycles. The highest BCUT2D eigenvalue weighted by atomic mass is 16.3. The number of carbonyl (C=O) groups is 1. The van der Waals surface area contributed by atoms with Crippen LogP contribution >= 0.6 is 0 Å². The molecule has 3 rings (SSSR count). The Morgan fingerprint density at radius 1 is 1.00 bits per heavy atom. The highest BCUT2D eigenvalue weighted by molar-refractivity contribution is 5.96. The Balaban J connectivity index is 2.12. The quantitative estimate of drug-likeness (QED) is 0.777. The zero-order chi connectivity index (χ0) is 16.2. The van der Waals surface area contributed by atoms with E-state index >= 15 is 0 Å². The molecule has 2 aromatic carbocycles. The second kappa shape index (κ2) is 6.32. The van der Waals surface area contributed by atoms with E-state index in [-0.39, 0.29) is 5.75 Å². The van der Waals surface area contributed by atoms with Crippen LogP contribution in [0.3, 0.4) is 0 Å². The van der Waals surface area contributed by atoms with Crippen LogP contribution in [0.15, 0.2) is 67.0 Å². The van der Waals surface area contributed by atoms with Crippen molar-refractivity contribution in [2.75, 3.05) is 0 Å². The van der Waals surface area contributed by atoms with Crippen LogP contribution in [-0.4, -0.2) is 16.0 Å². The van der Waals surface area contributed by atoms with Crippen molar-refractivity contribution >= 4 is 5.91 Å². The average molecular weight is 304 g/mol. The number of hydrogen-bond donors (Lipinski definition) is 2. The minimum absolute atomic E-state index is 0.214. The Morgan fingerprint density at radius 2 is 1.70 bits per heavy atom. The van der Waals surface area contributed by atoms with Crippen molar-refractivity contribution in [1.29, 1.82) is 0 Å². The first-order valence-corrected chi connectivity index (χ1v) is 7.25. The third-order valence-corrected chi connectivity index (χ3v) is 3.75. The van der Waals surface area contributed by atoms with Crippen molar-refractivity contribution in [1.82, 2.24) is 4.98 Å². The van der Waals surface area contributed by atoms with E-state index in [4.69, 9.17) is 5.73 Å². The molecule has 3 N–H and O–H groups in total. The van der Waals surface area contributed by atoms with E-state index in [0.29, 0.717) is 12.0 Å². The number of benzene rings is 2. The Bertz CT molecular complexity index is 828. The predicted molar refractivity (Wildman–Crippen MR) is 89.1 cm³/mol. The van der Waals surface area contributed by atoms with Crippen molar-refractivity contribution in [3.8, 4) is 16.9 Å². The first-order chi connectivity index (χ1) is 11.1. The standard InChI is InChI=1S/C19H16N2O2/c20-19(23)17-3-1-2-16(14-8-10-21-11-9-14)18(17)12-13-4-6-15(22)7-5-13/h1-11,22H,12H2,(H2,20,23). The predicted octanol–water partition coefficient (Wildman–Crippen LogP) is 3.14. The van der Waals surface area contributed by atoms with E-state index in [0.717, 1.165) is 22.3 Å². The van der Waals surface area contributed by atoms with Crippen LogP contribution in [0.2, 0.25) is 0 Å². The van der Waals surface area contributed by atoms with Crippen LogP contribution in [0, 0.1) is 0 Å². The zero-order valence-electron chi connectivity index (χ0n) is 12.4. The number of phenolic OH excluding ortho intramolecular Hbond substituents is 1. The van der Waals surface area contributed by atoms with Crippen LogP contribution in [0.5, 0.6) is 5.75 Å². The first kappa shape index (κ1) is 14.8. The second-order valence-corrected chi connectivity index (χ2v) is 5.28. The average Bonchev–Trinajstić information content (AvgIpc) is 2.57. The molecule has 0 radical (unpaired) electrons. The number of nitrogens with two attached hydrogens (primary N) is 1. The molecule has 4 heteroatoms. The number of aromatic hydroxyl groups is 1. The molecule has 3 aromatic rings. The molecular weight excluding hydrogens is 288 g/mol. The molecule has 0 aliphatic rings. The highest BCUT2D eigenvalue weighted by Crippen LogP contribution is 2.28. The molecular formula is C19H16N2O2. The van der Waals surface area contributed by atoms with Gasteiger partial charge in [0.25, 0.3) is 0 Å². The topological polar surface area (TPSA) is 76.2 Å². The Labute approximate surface area is 134 Å². The molecule has 1 amide bonds.